The summed E-state index contributed by atoms with van der Waals surface area (Å²) in [6.07, 6.45) is 1.08. The van der Waals surface area contributed by atoms with Crippen LogP contribution < -0.4 is 0 Å². The van der Waals surface area contributed by atoms with Crippen molar-refractivity contribution in [1.82, 2.24) is 9.80 Å². The number of benzene rings is 1. The van der Waals surface area contributed by atoms with Crippen LogP contribution in [0.3, 0.4) is 0 Å². The highest BCUT2D eigenvalue weighted by Gasteiger charge is 2.26. The van der Waals surface area contributed by atoms with Gasteiger partial charge in [-0.25, -0.2) is 0 Å². The monoisotopic (exact) mass is 356 g/mol. The zero-order valence-electron chi connectivity index (χ0n) is 12.0. The summed E-state index contributed by atoms with van der Waals surface area (Å²) in [5.74, 6) is 2.33. The molecule has 1 saturated heterocycles. The lowest BCUT2D eigenvalue weighted by molar-refractivity contribution is 0.0675. The van der Waals surface area contributed by atoms with Crippen LogP contribution in [-0.2, 0) is 0 Å². The summed E-state index contributed by atoms with van der Waals surface area (Å²) in [6, 6.07) is 7.96. The van der Waals surface area contributed by atoms with Crippen molar-refractivity contribution in [2.75, 3.05) is 38.7 Å². The SMILES string of the molecule is CN(C)CC1CSCCCN1C(=O)c1ccc(Br)cc1. The first-order chi connectivity index (χ1) is 9.58. The van der Waals surface area contributed by atoms with E-state index in [0.29, 0.717) is 6.04 Å². The Morgan fingerprint density at radius 1 is 1.40 bits per heavy atom. The molecule has 110 valence electrons. The molecule has 5 heteroatoms. The number of carbonyl (C=O) groups excluding carboxylic acids is 1. The molecule has 1 amide bonds. The van der Waals surface area contributed by atoms with Crippen molar-refractivity contribution in [3.05, 3.63) is 34.3 Å². The highest BCUT2D eigenvalue weighted by molar-refractivity contribution is 9.10. The van der Waals surface area contributed by atoms with Crippen molar-refractivity contribution in [3.63, 3.8) is 0 Å². The predicted octanol–water partition coefficient (Wildman–Crippen LogP) is 2.96. The summed E-state index contributed by atoms with van der Waals surface area (Å²) in [6.45, 7) is 1.79. The molecule has 0 bridgehead atoms. The van der Waals surface area contributed by atoms with Gasteiger partial charge in [0.15, 0.2) is 0 Å². The topological polar surface area (TPSA) is 23.6 Å². The molecule has 20 heavy (non-hydrogen) atoms. The third kappa shape index (κ3) is 4.24. The quantitative estimate of drug-likeness (QED) is 0.831. The third-order valence-corrected chi connectivity index (χ3v) is 5.09. The molecule has 3 nitrogen and oxygen atoms in total. The van der Waals surface area contributed by atoms with Crippen LogP contribution >= 0.6 is 27.7 Å². The fraction of sp³-hybridized carbons (Fsp3) is 0.533. The Morgan fingerprint density at radius 3 is 2.75 bits per heavy atom. The number of thioether (sulfide) groups is 1. The standard InChI is InChI=1S/C15H21BrN2OS/c1-17(2)10-14-11-20-9-3-8-18(14)15(19)12-4-6-13(16)7-5-12/h4-7,14H,3,8-11H2,1-2H3. The lowest BCUT2D eigenvalue weighted by Gasteiger charge is -2.31. The normalized spacial score (nSPS) is 20.0. The van der Waals surface area contributed by atoms with Crippen LogP contribution in [0.1, 0.15) is 16.8 Å². The van der Waals surface area contributed by atoms with Crippen LogP contribution in [0.25, 0.3) is 0 Å². The van der Waals surface area contributed by atoms with E-state index >= 15 is 0 Å². The number of halogens is 1. The molecule has 2 rings (SSSR count). The van der Waals surface area contributed by atoms with Crippen molar-refractivity contribution in [1.29, 1.82) is 0 Å². The van der Waals surface area contributed by atoms with Crippen molar-refractivity contribution in [2.45, 2.75) is 12.5 Å². The molecule has 1 aliphatic rings. The average Bonchev–Trinajstić information content (AvgIpc) is 2.63. The Morgan fingerprint density at radius 2 is 2.10 bits per heavy atom. The van der Waals surface area contributed by atoms with E-state index in [1.165, 1.54) is 0 Å². The van der Waals surface area contributed by atoms with E-state index in [1.54, 1.807) is 0 Å². The maximum Gasteiger partial charge on any atom is 0.254 e. The van der Waals surface area contributed by atoms with E-state index in [1.807, 2.05) is 36.0 Å². The highest BCUT2D eigenvalue weighted by atomic mass is 79.9. The number of hydrogen-bond acceptors (Lipinski definition) is 3. The Bertz CT molecular complexity index is 450. The molecule has 1 aromatic carbocycles. The number of amides is 1. The van der Waals surface area contributed by atoms with Gasteiger partial charge in [0.1, 0.15) is 0 Å². The molecule has 1 unspecified atom stereocenters. The summed E-state index contributed by atoms with van der Waals surface area (Å²) in [5.41, 5.74) is 0.781. The van der Waals surface area contributed by atoms with Gasteiger partial charge in [-0.3, -0.25) is 4.79 Å². The summed E-state index contributed by atoms with van der Waals surface area (Å²) in [4.78, 5) is 17.0. The molecule has 0 aliphatic carbocycles. The maximum atomic E-state index is 12.7. The summed E-state index contributed by atoms with van der Waals surface area (Å²) >= 11 is 5.37. The predicted molar refractivity (Wildman–Crippen MR) is 89.5 cm³/mol. The molecule has 0 spiro atoms. The Balaban J connectivity index is 2.16. The van der Waals surface area contributed by atoms with E-state index < -0.39 is 0 Å². The number of rotatable bonds is 3. The first kappa shape index (κ1) is 15.9. The molecule has 0 aromatic heterocycles. The molecular weight excluding hydrogens is 336 g/mol. The van der Waals surface area contributed by atoms with Gasteiger partial charge in [-0.1, -0.05) is 15.9 Å². The van der Waals surface area contributed by atoms with Crippen molar-refractivity contribution >= 4 is 33.6 Å². The fourth-order valence-electron chi connectivity index (χ4n) is 2.43. The number of likely N-dealkylation sites (N-methyl/N-ethyl adjacent to an activating group) is 1. The fourth-order valence-corrected chi connectivity index (χ4v) is 3.75. The molecule has 0 radical (unpaired) electrons. The van der Waals surface area contributed by atoms with E-state index in [4.69, 9.17) is 0 Å². The van der Waals surface area contributed by atoms with Gasteiger partial charge in [0.05, 0.1) is 6.04 Å². The molecular formula is C15H21BrN2OS. The first-order valence-electron chi connectivity index (χ1n) is 6.87. The molecule has 1 aliphatic heterocycles. The van der Waals surface area contributed by atoms with E-state index in [9.17, 15) is 4.79 Å². The first-order valence-corrected chi connectivity index (χ1v) is 8.81. The number of nitrogens with zero attached hydrogens (tertiary/aromatic N) is 2. The van der Waals surface area contributed by atoms with E-state index in [0.717, 1.165) is 41.1 Å². The summed E-state index contributed by atoms with van der Waals surface area (Å²) in [7, 11) is 4.13. The Hall–Kier alpha value is -0.520. The highest BCUT2D eigenvalue weighted by Crippen LogP contribution is 2.20. The maximum absolute atomic E-state index is 12.7. The number of carbonyl (C=O) groups is 1. The van der Waals surface area contributed by atoms with Gasteiger partial charge >= 0.3 is 0 Å². The van der Waals surface area contributed by atoms with Crippen LogP contribution in [0, 0.1) is 0 Å². The minimum absolute atomic E-state index is 0.159. The third-order valence-electron chi connectivity index (χ3n) is 3.37. The molecule has 0 saturated carbocycles. The second-order valence-electron chi connectivity index (χ2n) is 5.35. The Labute approximate surface area is 133 Å². The average molecular weight is 357 g/mol. The minimum Gasteiger partial charge on any atom is -0.334 e. The van der Waals surface area contributed by atoms with Crippen LogP contribution in [0.4, 0.5) is 0 Å². The summed E-state index contributed by atoms with van der Waals surface area (Å²) < 4.78 is 1.00. The van der Waals surface area contributed by atoms with E-state index in [2.05, 4.69) is 39.8 Å². The van der Waals surface area contributed by atoms with Gasteiger partial charge < -0.3 is 9.80 Å². The zero-order chi connectivity index (χ0) is 14.5. The van der Waals surface area contributed by atoms with E-state index in [-0.39, 0.29) is 5.91 Å². The number of hydrogen-bond donors (Lipinski definition) is 0. The Kier molecular flexibility index (Phi) is 5.93. The smallest absolute Gasteiger partial charge is 0.254 e. The van der Waals surface area contributed by atoms with Gasteiger partial charge in [0.25, 0.3) is 5.91 Å². The largest absolute Gasteiger partial charge is 0.334 e. The lowest BCUT2D eigenvalue weighted by Crippen LogP contribution is -2.46. The van der Waals surface area contributed by atoms with Crippen LogP contribution in [0.5, 0.6) is 0 Å². The van der Waals surface area contributed by atoms with Crippen molar-refractivity contribution in [3.8, 4) is 0 Å². The van der Waals surface area contributed by atoms with Crippen LogP contribution in [0.15, 0.2) is 28.7 Å². The molecule has 1 atom stereocenters. The van der Waals surface area contributed by atoms with Crippen molar-refractivity contribution < 1.29 is 4.79 Å². The molecule has 1 heterocycles. The lowest BCUT2D eigenvalue weighted by atomic mass is 10.1. The molecule has 0 N–H and O–H groups in total. The van der Waals surface area contributed by atoms with Gasteiger partial charge in [-0.2, -0.15) is 11.8 Å². The molecule has 1 fully saturated rings. The second kappa shape index (κ2) is 7.48. The second-order valence-corrected chi connectivity index (χ2v) is 7.42. The van der Waals surface area contributed by atoms with Gasteiger partial charge in [0.2, 0.25) is 0 Å². The van der Waals surface area contributed by atoms with Crippen LogP contribution in [0.2, 0.25) is 0 Å². The van der Waals surface area contributed by atoms with Crippen LogP contribution in [-0.4, -0.2) is 60.4 Å². The minimum atomic E-state index is 0.159. The van der Waals surface area contributed by atoms with Gasteiger partial charge in [-0.05, 0) is 50.5 Å². The zero-order valence-corrected chi connectivity index (χ0v) is 14.4. The van der Waals surface area contributed by atoms with Crippen molar-refractivity contribution in [2.24, 2.45) is 0 Å². The molecule has 1 aromatic rings. The van der Waals surface area contributed by atoms with Gasteiger partial charge in [0, 0.05) is 28.9 Å². The van der Waals surface area contributed by atoms with Gasteiger partial charge in [-0.15, -0.1) is 0 Å². The summed E-state index contributed by atoms with van der Waals surface area (Å²) in [5, 5.41) is 0.